The van der Waals surface area contributed by atoms with Crippen molar-refractivity contribution in [2.24, 2.45) is 45.1 Å². The first kappa shape index (κ1) is 74.1. The van der Waals surface area contributed by atoms with Gasteiger partial charge in [-0.25, -0.2) is 4.79 Å². The zero-order valence-corrected chi connectivity index (χ0v) is 47.9. The van der Waals surface area contributed by atoms with Gasteiger partial charge < -0.3 is 113 Å². The molecule has 1 aromatic heterocycles. The lowest BCUT2D eigenvalue weighted by atomic mass is 10.0. The van der Waals surface area contributed by atoms with Crippen molar-refractivity contribution in [2.75, 3.05) is 19.7 Å². The van der Waals surface area contributed by atoms with Crippen LogP contribution in [0.4, 0.5) is 0 Å². The van der Waals surface area contributed by atoms with E-state index in [1.54, 1.807) is 24.3 Å². The van der Waals surface area contributed by atoms with E-state index in [1.165, 1.54) is 6.20 Å². The summed E-state index contributed by atoms with van der Waals surface area (Å²) in [5.74, 6) is -17.3. The second kappa shape index (κ2) is 37.4. The molecule has 0 spiro atoms. The first-order chi connectivity index (χ1) is 41.3. The Bertz CT molecular complexity index is 2880. The van der Waals surface area contributed by atoms with Crippen LogP contribution in [-0.4, -0.2) is 200 Å². The number of nitrogens with two attached hydrogens (primary N) is 7. The molecule has 0 aliphatic heterocycles. The molecule has 13 amide bonds. The van der Waals surface area contributed by atoms with Gasteiger partial charge in [-0.2, -0.15) is 0 Å². The lowest BCUT2D eigenvalue weighted by Gasteiger charge is -2.28. The Hall–Kier alpha value is -10.0. The number of nitrogens with one attached hydrogen (secondary N) is 10. The van der Waals surface area contributed by atoms with Crippen molar-refractivity contribution in [2.45, 2.75) is 151 Å². The summed E-state index contributed by atoms with van der Waals surface area (Å²) in [5.41, 5.74) is 38.3. The summed E-state index contributed by atoms with van der Waals surface area (Å²) in [6.45, 7) is -1.07. The van der Waals surface area contributed by atoms with Crippen LogP contribution in [0.3, 0.4) is 0 Å². The minimum absolute atomic E-state index is 0.0129. The second-order valence-electron chi connectivity index (χ2n) is 20.0. The summed E-state index contributed by atoms with van der Waals surface area (Å²) in [4.78, 5) is 200. The quantitative estimate of drug-likeness (QED) is 0.0167. The van der Waals surface area contributed by atoms with E-state index in [2.05, 4.69) is 57.8 Å². The first-order valence-electron chi connectivity index (χ1n) is 27.3. The van der Waals surface area contributed by atoms with E-state index in [0.29, 0.717) is 16.5 Å². The molecule has 10 atom stereocenters. The van der Waals surface area contributed by atoms with Gasteiger partial charge in [-0.1, -0.05) is 18.2 Å². The number of fused-ring (bicyclic) bond motifs is 1. The number of rotatable bonds is 42. The van der Waals surface area contributed by atoms with Gasteiger partial charge in [0.1, 0.15) is 48.3 Å². The summed E-state index contributed by atoms with van der Waals surface area (Å²) in [7, 11) is 0. The number of aliphatic hydroxyl groups is 2. The zero-order chi connectivity index (χ0) is 66.4. The fourth-order valence-corrected chi connectivity index (χ4v) is 8.14. The van der Waals surface area contributed by atoms with Crippen molar-refractivity contribution in [3.63, 3.8) is 0 Å². The number of aromatic amines is 1. The number of aliphatic hydroxyl groups excluding tert-OH is 2. The molecule has 0 aliphatic carbocycles. The third-order valence-corrected chi connectivity index (χ3v) is 12.9. The lowest BCUT2D eigenvalue weighted by Crippen LogP contribution is -2.62. The molecule has 2 aromatic rings. The van der Waals surface area contributed by atoms with Crippen molar-refractivity contribution < 1.29 is 92.3 Å². The topological polar surface area (TPSA) is 656 Å². The van der Waals surface area contributed by atoms with E-state index in [9.17, 15) is 92.3 Å². The van der Waals surface area contributed by atoms with Crippen LogP contribution >= 0.6 is 0 Å². The number of nitrogens with zero attached hydrogens (tertiary/aromatic N) is 1. The molecule has 486 valence electrons. The number of hydrogen-bond acceptors (Lipinski definition) is 19. The van der Waals surface area contributed by atoms with E-state index < -0.39 is 220 Å². The molecule has 0 saturated heterocycles. The van der Waals surface area contributed by atoms with Gasteiger partial charge in [0.25, 0.3) is 0 Å². The molecule has 0 fully saturated rings. The van der Waals surface area contributed by atoms with Crippen molar-refractivity contribution in [3.8, 4) is 0 Å². The Labute approximate surface area is 501 Å². The van der Waals surface area contributed by atoms with Crippen LogP contribution in [0.2, 0.25) is 0 Å². The highest BCUT2D eigenvalue weighted by atomic mass is 16.4. The normalized spacial score (nSPS) is 14.3. The standard InChI is InChI=1S/C51H78N18O19/c1-23(71)41(69-47(84)30(11-16-38(56)75)63-42(79)26(52)8-13-35(53)72)49(86)65-31(12-17-40(77)78)45(82)67-33(19-24-20-60-27-6-3-2-5-25(24)27)48(85)64-29(10-15-37(55)74)46(83)68-34(22-70)43(80)61-21-39(76)62-28(9-14-36(54)73)44(81)66-32(50(87)88)7-4-18-59-51(57)58/h2-3,5-6,20,23,26,28-34,41,60,70-71H,4,7-19,21-22,52H2,1H3,(H2,53,72)(H2,54,73)(H2,55,74)(H2,56,75)(H,61,80)(H,62,76)(H,63,79)(H,64,85)(H,65,86)(H,66,81)(H,67,82)(H,68,83)(H,69,84)(H,77,78)(H,87,88)(H4,57,58,59)/t23-,26+,28+,29+,30+,31+,32+,33+,34+,41+/m1/s1. The largest absolute Gasteiger partial charge is 0.481 e. The maximum atomic E-state index is 14.5. The SMILES string of the molecule is C[C@@H](O)[C@H](NC(=O)[C@H](CCC(N)=O)NC(=O)[C@@H](N)CCC(N)=O)C(=O)N[C@@H](CCC(=O)O)C(=O)N[C@@H](Cc1c[nH]c2ccccc12)C(=O)N[C@@H](CCC(N)=O)C(=O)N[C@@H](CO)C(=O)NCC(=O)N[C@@H](CCC(N)=O)C(=O)N[C@@H](CCCN=C(N)N)C(=O)O. The van der Waals surface area contributed by atoms with Crippen LogP contribution < -0.4 is 88.0 Å². The summed E-state index contributed by atoms with van der Waals surface area (Å²) in [6, 6.07) is -8.85. The molecule has 0 radical (unpaired) electrons. The summed E-state index contributed by atoms with van der Waals surface area (Å²) in [6.07, 6.45) is -5.92. The van der Waals surface area contributed by atoms with Gasteiger partial charge in [0.15, 0.2) is 5.96 Å². The number of primary amides is 4. The van der Waals surface area contributed by atoms with Gasteiger partial charge in [0.2, 0.25) is 76.8 Å². The van der Waals surface area contributed by atoms with E-state index in [-0.39, 0.29) is 38.2 Å². The molecule has 0 unspecified atom stereocenters. The van der Waals surface area contributed by atoms with E-state index in [4.69, 9.17) is 40.1 Å². The molecule has 1 aromatic carbocycles. The van der Waals surface area contributed by atoms with Gasteiger partial charge in [0.05, 0.1) is 25.3 Å². The van der Waals surface area contributed by atoms with E-state index in [1.807, 2.05) is 0 Å². The number of para-hydroxylation sites is 1. The van der Waals surface area contributed by atoms with Crippen molar-refractivity contribution in [1.82, 2.24) is 52.8 Å². The highest BCUT2D eigenvalue weighted by Gasteiger charge is 2.36. The number of H-pyrrole nitrogens is 1. The van der Waals surface area contributed by atoms with Gasteiger partial charge >= 0.3 is 11.9 Å². The molecule has 0 saturated carbocycles. The number of aromatic nitrogens is 1. The third-order valence-electron chi connectivity index (χ3n) is 12.9. The Morgan fingerprint density at radius 2 is 0.966 bits per heavy atom. The Balaban J connectivity index is 2.45. The van der Waals surface area contributed by atoms with Gasteiger partial charge in [-0.3, -0.25) is 72.1 Å². The zero-order valence-electron chi connectivity index (χ0n) is 47.9. The van der Waals surface area contributed by atoms with Crippen LogP contribution in [0.15, 0.2) is 35.5 Å². The van der Waals surface area contributed by atoms with E-state index >= 15 is 0 Å². The number of aliphatic imine (C=N–C) groups is 1. The predicted molar refractivity (Wildman–Crippen MR) is 305 cm³/mol. The number of amides is 13. The number of carbonyl (C=O) groups is 15. The average molecular weight is 1250 g/mol. The third kappa shape index (κ3) is 27.3. The number of hydrogen-bond donors (Lipinski definition) is 21. The number of carboxylic acids is 2. The molecule has 0 aliphatic rings. The number of aliphatic carboxylic acids is 2. The Morgan fingerprint density at radius 3 is 1.47 bits per heavy atom. The number of guanidine groups is 1. The minimum Gasteiger partial charge on any atom is -0.481 e. The highest BCUT2D eigenvalue weighted by molar-refractivity contribution is 5.99. The molecule has 28 N–H and O–H groups in total. The summed E-state index contributed by atoms with van der Waals surface area (Å²) in [5, 5.41) is 61.0. The maximum absolute atomic E-state index is 14.5. The predicted octanol–water partition coefficient (Wildman–Crippen LogP) is -9.53. The van der Waals surface area contributed by atoms with Crippen molar-refractivity contribution >= 4 is 106 Å². The fraction of sp³-hybridized carbons (Fsp3) is 0.529. The van der Waals surface area contributed by atoms with Crippen molar-refractivity contribution in [3.05, 3.63) is 36.0 Å². The van der Waals surface area contributed by atoms with Crippen LogP contribution in [0.1, 0.15) is 89.5 Å². The van der Waals surface area contributed by atoms with Crippen LogP contribution in [0.5, 0.6) is 0 Å². The van der Waals surface area contributed by atoms with Crippen LogP contribution in [0.25, 0.3) is 10.9 Å². The molecule has 37 nitrogen and oxygen atoms in total. The average Bonchev–Trinajstić information content (AvgIpc) is 3.08. The summed E-state index contributed by atoms with van der Waals surface area (Å²) >= 11 is 0. The number of benzene rings is 1. The van der Waals surface area contributed by atoms with Gasteiger partial charge in [-0.15, -0.1) is 0 Å². The molecule has 2 rings (SSSR count). The van der Waals surface area contributed by atoms with E-state index in [0.717, 1.165) is 6.92 Å². The Morgan fingerprint density at radius 1 is 0.523 bits per heavy atom. The first-order valence-corrected chi connectivity index (χ1v) is 27.3. The van der Waals surface area contributed by atoms with Crippen LogP contribution in [-0.2, 0) is 78.3 Å². The summed E-state index contributed by atoms with van der Waals surface area (Å²) < 4.78 is 0. The lowest BCUT2D eigenvalue weighted by molar-refractivity contribution is -0.142. The molecule has 88 heavy (non-hydrogen) atoms. The number of carboxylic acid groups (broad SMARTS) is 2. The molecular weight excluding hydrogens is 1170 g/mol. The smallest absolute Gasteiger partial charge is 0.326 e. The second-order valence-corrected chi connectivity index (χ2v) is 20.0. The molecule has 0 bridgehead atoms. The monoisotopic (exact) mass is 1250 g/mol. The highest BCUT2D eigenvalue weighted by Crippen LogP contribution is 2.20. The Kier molecular flexibility index (Phi) is 31.5. The van der Waals surface area contributed by atoms with Gasteiger partial charge in [0, 0.05) is 62.2 Å². The molecular formula is C51H78N18O19. The minimum atomic E-state index is -1.98. The van der Waals surface area contributed by atoms with Gasteiger partial charge in [-0.05, 0) is 63.5 Å². The number of carbonyl (C=O) groups excluding carboxylic acids is 13. The molecule has 1 heterocycles. The van der Waals surface area contributed by atoms with Crippen molar-refractivity contribution in [1.29, 1.82) is 0 Å². The maximum Gasteiger partial charge on any atom is 0.326 e. The van der Waals surface area contributed by atoms with Crippen LogP contribution in [0, 0.1) is 0 Å². The molecule has 37 heteroatoms. The fourth-order valence-electron chi connectivity index (χ4n) is 8.14.